The Bertz CT molecular complexity index is 1470. The summed E-state index contributed by atoms with van der Waals surface area (Å²) >= 11 is 0.554. The zero-order valence-corrected chi connectivity index (χ0v) is 17.5. The molecule has 0 radical (unpaired) electrons. The highest BCUT2D eigenvalue weighted by atomic mass is 32.1. The molecule has 166 valence electrons. The van der Waals surface area contributed by atoms with Gasteiger partial charge in [-0.15, -0.1) is 11.3 Å². The molecule has 0 aliphatic carbocycles. The van der Waals surface area contributed by atoms with Crippen LogP contribution >= 0.6 is 11.3 Å². The molecular formula is C23H14F3N3O3S. The van der Waals surface area contributed by atoms with Gasteiger partial charge in [-0.2, -0.15) is 18.2 Å². The standard InChI is InChI=1S/C23H14F3N3O3S/c24-23(25,26)20-16(13-4-2-1-3-5-13)11-18(33-20)22-27-21(28-32-22)15-6-7-17-14(10-15)8-9-29(17)12-19(30)31/h1-11H,12H2,(H,30,31). The number of thiophene rings is 1. The van der Waals surface area contributed by atoms with Gasteiger partial charge < -0.3 is 14.2 Å². The fourth-order valence-electron chi connectivity index (χ4n) is 3.60. The third-order valence-corrected chi connectivity index (χ3v) is 6.21. The lowest BCUT2D eigenvalue weighted by Gasteiger charge is -2.07. The molecule has 2 aromatic carbocycles. The van der Waals surface area contributed by atoms with Crippen LogP contribution in [0.1, 0.15) is 4.88 Å². The van der Waals surface area contributed by atoms with Crippen molar-refractivity contribution in [1.82, 2.24) is 14.7 Å². The molecular weight excluding hydrogens is 455 g/mol. The lowest BCUT2D eigenvalue weighted by atomic mass is 10.1. The SMILES string of the molecule is O=C(O)Cn1ccc2cc(-c3noc(-c4cc(-c5ccccc5)c(C(F)(F)F)s4)n3)ccc21. The summed E-state index contributed by atoms with van der Waals surface area (Å²) in [4.78, 5) is 14.8. The number of hydrogen-bond acceptors (Lipinski definition) is 5. The van der Waals surface area contributed by atoms with Crippen molar-refractivity contribution in [2.75, 3.05) is 0 Å². The van der Waals surface area contributed by atoms with Crippen LogP contribution in [-0.2, 0) is 17.5 Å². The summed E-state index contributed by atoms with van der Waals surface area (Å²) in [6.45, 7) is -0.168. The lowest BCUT2D eigenvalue weighted by Crippen LogP contribution is -2.07. The summed E-state index contributed by atoms with van der Waals surface area (Å²) < 4.78 is 47.9. The van der Waals surface area contributed by atoms with Gasteiger partial charge in [0, 0.05) is 28.2 Å². The van der Waals surface area contributed by atoms with Crippen molar-refractivity contribution in [1.29, 1.82) is 0 Å². The second kappa shape index (κ2) is 7.89. The number of carbonyl (C=O) groups is 1. The summed E-state index contributed by atoms with van der Waals surface area (Å²) in [7, 11) is 0. The van der Waals surface area contributed by atoms with Crippen LogP contribution in [0.2, 0.25) is 0 Å². The van der Waals surface area contributed by atoms with Gasteiger partial charge in [-0.25, -0.2) is 0 Å². The monoisotopic (exact) mass is 469 g/mol. The summed E-state index contributed by atoms with van der Waals surface area (Å²) in [5, 5.41) is 13.7. The molecule has 0 spiro atoms. The average molecular weight is 469 g/mol. The number of hydrogen-bond donors (Lipinski definition) is 1. The first kappa shape index (κ1) is 21.0. The van der Waals surface area contributed by atoms with E-state index in [4.69, 9.17) is 9.63 Å². The first-order chi connectivity index (χ1) is 15.8. The second-order valence-corrected chi connectivity index (χ2v) is 8.30. The molecule has 5 aromatic rings. The Morgan fingerprint density at radius 2 is 1.85 bits per heavy atom. The maximum Gasteiger partial charge on any atom is 0.426 e. The average Bonchev–Trinajstić information content (AvgIpc) is 3.51. The second-order valence-electron chi connectivity index (χ2n) is 7.25. The summed E-state index contributed by atoms with van der Waals surface area (Å²) in [6, 6.07) is 16.7. The molecule has 0 saturated carbocycles. The van der Waals surface area contributed by atoms with E-state index in [-0.39, 0.29) is 28.7 Å². The zero-order valence-electron chi connectivity index (χ0n) is 16.7. The van der Waals surface area contributed by atoms with E-state index in [0.29, 0.717) is 22.5 Å². The largest absolute Gasteiger partial charge is 0.480 e. The third kappa shape index (κ3) is 4.00. The minimum absolute atomic E-state index is 0.00812. The number of halogens is 3. The predicted octanol–water partition coefficient (Wildman–Crippen LogP) is 6.19. The quantitative estimate of drug-likeness (QED) is 0.332. The van der Waals surface area contributed by atoms with Gasteiger partial charge in [0.05, 0.1) is 4.88 Å². The molecule has 10 heteroatoms. The molecule has 0 amide bonds. The third-order valence-electron chi connectivity index (χ3n) is 5.05. The number of fused-ring (bicyclic) bond motifs is 1. The Morgan fingerprint density at radius 1 is 1.06 bits per heavy atom. The van der Waals surface area contributed by atoms with E-state index < -0.39 is 17.0 Å². The fourth-order valence-corrected chi connectivity index (χ4v) is 4.57. The zero-order chi connectivity index (χ0) is 23.2. The van der Waals surface area contributed by atoms with Gasteiger partial charge >= 0.3 is 12.1 Å². The van der Waals surface area contributed by atoms with Gasteiger partial charge in [0.1, 0.15) is 11.4 Å². The number of aromatic nitrogens is 3. The van der Waals surface area contributed by atoms with Crippen molar-refractivity contribution in [3.8, 4) is 33.3 Å². The summed E-state index contributed by atoms with van der Waals surface area (Å²) in [5.74, 6) is -0.740. The van der Waals surface area contributed by atoms with Gasteiger partial charge in [0.25, 0.3) is 5.89 Å². The molecule has 0 fully saturated rings. The van der Waals surface area contributed by atoms with Crippen LogP contribution in [-0.4, -0.2) is 25.8 Å². The Hall–Kier alpha value is -3.92. The minimum Gasteiger partial charge on any atom is -0.480 e. The molecule has 5 rings (SSSR count). The topological polar surface area (TPSA) is 81.1 Å². The Morgan fingerprint density at radius 3 is 2.58 bits per heavy atom. The molecule has 1 N–H and O–H groups in total. The van der Waals surface area contributed by atoms with Gasteiger partial charge in [0.15, 0.2) is 0 Å². The van der Waals surface area contributed by atoms with Crippen LogP contribution in [0.5, 0.6) is 0 Å². The molecule has 0 atom stereocenters. The predicted molar refractivity (Wildman–Crippen MR) is 117 cm³/mol. The Balaban J connectivity index is 1.51. The normalized spacial score (nSPS) is 11.8. The number of benzene rings is 2. The van der Waals surface area contributed by atoms with E-state index in [1.54, 1.807) is 65.4 Å². The van der Waals surface area contributed by atoms with Crippen LogP contribution < -0.4 is 0 Å². The molecule has 6 nitrogen and oxygen atoms in total. The molecule has 3 heterocycles. The number of carboxylic acid groups (broad SMARTS) is 1. The van der Waals surface area contributed by atoms with Crippen LogP contribution in [0.4, 0.5) is 13.2 Å². The van der Waals surface area contributed by atoms with E-state index in [1.807, 2.05) is 0 Å². The highest BCUT2D eigenvalue weighted by molar-refractivity contribution is 7.16. The highest BCUT2D eigenvalue weighted by Crippen LogP contribution is 2.45. The number of aliphatic carboxylic acids is 1. The molecule has 33 heavy (non-hydrogen) atoms. The van der Waals surface area contributed by atoms with Gasteiger partial charge in [-0.3, -0.25) is 4.79 Å². The molecule has 0 aliphatic rings. The van der Waals surface area contributed by atoms with Crippen molar-refractivity contribution >= 4 is 28.2 Å². The first-order valence-electron chi connectivity index (χ1n) is 9.71. The Kier molecular flexibility index (Phi) is 5.01. The van der Waals surface area contributed by atoms with Crippen molar-refractivity contribution in [2.45, 2.75) is 12.7 Å². The summed E-state index contributed by atoms with van der Waals surface area (Å²) in [6.07, 6.45) is -2.86. The van der Waals surface area contributed by atoms with E-state index in [1.165, 1.54) is 6.07 Å². The van der Waals surface area contributed by atoms with E-state index in [9.17, 15) is 18.0 Å². The van der Waals surface area contributed by atoms with Crippen molar-refractivity contribution in [2.24, 2.45) is 0 Å². The molecule has 0 bridgehead atoms. The van der Waals surface area contributed by atoms with Crippen LogP contribution in [0, 0.1) is 0 Å². The lowest BCUT2D eigenvalue weighted by molar-refractivity contribution is -0.137. The van der Waals surface area contributed by atoms with E-state index in [2.05, 4.69) is 10.1 Å². The van der Waals surface area contributed by atoms with Crippen LogP contribution in [0.15, 0.2) is 71.4 Å². The van der Waals surface area contributed by atoms with Gasteiger partial charge in [-0.1, -0.05) is 35.5 Å². The van der Waals surface area contributed by atoms with Crippen molar-refractivity contribution in [3.05, 3.63) is 71.7 Å². The minimum atomic E-state index is -4.52. The smallest absolute Gasteiger partial charge is 0.426 e. The number of alkyl halides is 3. The maximum atomic E-state index is 13.7. The van der Waals surface area contributed by atoms with E-state index >= 15 is 0 Å². The van der Waals surface area contributed by atoms with Crippen LogP contribution in [0.25, 0.3) is 44.2 Å². The molecule has 0 saturated heterocycles. The number of rotatable bonds is 5. The highest BCUT2D eigenvalue weighted by Gasteiger charge is 2.37. The van der Waals surface area contributed by atoms with Crippen molar-refractivity contribution < 1.29 is 27.6 Å². The summed E-state index contributed by atoms with van der Waals surface area (Å²) in [5.41, 5.74) is 1.83. The molecule has 0 aliphatic heterocycles. The van der Waals surface area contributed by atoms with Crippen molar-refractivity contribution in [3.63, 3.8) is 0 Å². The number of carboxylic acids is 1. The van der Waals surface area contributed by atoms with Gasteiger partial charge in [0.2, 0.25) is 5.82 Å². The Labute approximate surface area is 188 Å². The fraction of sp³-hybridized carbons (Fsp3) is 0.0870. The number of nitrogens with zero attached hydrogens (tertiary/aromatic N) is 3. The van der Waals surface area contributed by atoms with E-state index in [0.717, 1.165) is 10.9 Å². The molecule has 0 unspecified atom stereocenters. The maximum absolute atomic E-state index is 13.7. The van der Waals surface area contributed by atoms with Crippen LogP contribution in [0.3, 0.4) is 0 Å². The molecule has 3 aromatic heterocycles. The first-order valence-corrected chi connectivity index (χ1v) is 10.5. The van der Waals surface area contributed by atoms with Gasteiger partial charge in [-0.05, 0) is 35.9 Å².